The summed E-state index contributed by atoms with van der Waals surface area (Å²) in [6, 6.07) is 10.8. The molecule has 6 heteroatoms. The molecule has 0 bridgehead atoms. The van der Waals surface area contributed by atoms with E-state index >= 15 is 0 Å². The lowest BCUT2D eigenvalue weighted by Crippen LogP contribution is -2.31. The topological polar surface area (TPSA) is 62.6 Å². The van der Waals surface area contributed by atoms with E-state index in [1.165, 1.54) is 12.3 Å². The highest BCUT2D eigenvalue weighted by Gasteiger charge is 2.31. The molecule has 0 saturated heterocycles. The molecule has 5 nitrogen and oxygen atoms in total. The van der Waals surface area contributed by atoms with Crippen LogP contribution < -0.4 is 5.32 Å². The zero-order chi connectivity index (χ0) is 14.8. The lowest BCUT2D eigenvalue weighted by Gasteiger charge is -2.14. The van der Waals surface area contributed by atoms with Gasteiger partial charge in [-0.3, -0.25) is 14.5 Å². The summed E-state index contributed by atoms with van der Waals surface area (Å²) in [6.07, 6.45) is 2.80. The molecule has 2 aromatic rings. The first-order valence-corrected chi connectivity index (χ1v) is 7.06. The van der Waals surface area contributed by atoms with Crippen LogP contribution in [0.5, 0.6) is 0 Å². The number of carbonyl (C=O) groups excluding carboxylic acids is 2. The van der Waals surface area contributed by atoms with Gasteiger partial charge in [-0.05, 0) is 40.2 Å². The maximum absolute atomic E-state index is 12.3. The zero-order valence-electron chi connectivity index (χ0n) is 10.9. The fourth-order valence-corrected chi connectivity index (χ4v) is 2.40. The second kappa shape index (κ2) is 5.57. The number of amides is 2. The molecule has 0 saturated carbocycles. The van der Waals surface area contributed by atoms with Crippen molar-refractivity contribution < 1.29 is 14.0 Å². The molecule has 2 heterocycles. The Balaban J connectivity index is 1.76. The van der Waals surface area contributed by atoms with Gasteiger partial charge in [-0.2, -0.15) is 0 Å². The number of carbonyl (C=O) groups is 2. The van der Waals surface area contributed by atoms with Crippen molar-refractivity contribution in [1.82, 2.24) is 4.90 Å². The van der Waals surface area contributed by atoms with Crippen molar-refractivity contribution >= 4 is 33.4 Å². The average Bonchev–Trinajstić information content (AvgIpc) is 3.06. The fraction of sp³-hybridized carbons (Fsp3) is 0.0667. The minimum Gasteiger partial charge on any atom is -0.467 e. The molecule has 0 fully saturated rings. The third-order valence-corrected chi connectivity index (χ3v) is 3.74. The molecule has 2 amide bonds. The van der Waals surface area contributed by atoms with E-state index in [0.29, 0.717) is 5.76 Å². The molecule has 3 rings (SSSR count). The molecule has 106 valence electrons. The van der Waals surface area contributed by atoms with Gasteiger partial charge < -0.3 is 9.73 Å². The van der Waals surface area contributed by atoms with Gasteiger partial charge in [-0.25, -0.2) is 0 Å². The van der Waals surface area contributed by atoms with Gasteiger partial charge in [0, 0.05) is 10.5 Å². The number of nitrogens with one attached hydrogen (secondary N) is 1. The summed E-state index contributed by atoms with van der Waals surface area (Å²) in [4.78, 5) is 25.3. The van der Waals surface area contributed by atoms with Gasteiger partial charge >= 0.3 is 0 Å². The molecule has 1 aliphatic rings. The Kier molecular flexibility index (Phi) is 3.62. The van der Waals surface area contributed by atoms with Crippen LogP contribution in [0, 0.1) is 0 Å². The number of para-hydroxylation sites is 1. The first-order valence-electron chi connectivity index (χ1n) is 6.26. The standard InChI is InChI=1S/C15H11BrN2O3/c16-11-5-1-2-6-12(11)17-13-8-14(19)18(15(13)20)9-10-4-3-7-21-10/h1-8,17H,9H2. The maximum atomic E-state index is 12.3. The lowest BCUT2D eigenvalue weighted by atomic mass is 10.3. The Morgan fingerprint density at radius 3 is 2.67 bits per heavy atom. The Morgan fingerprint density at radius 2 is 1.95 bits per heavy atom. The molecule has 0 unspecified atom stereocenters. The number of halogens is 1. The number of rotatable bonds is 4. The largest absolute Gasteiger partial charge is 0.467 e. The van der Waals surface area contributed by atoms with E-state index in [2.05, 4.69) is 21.2 Å². The highest BCUT2D eigenvalue weighted by atomic mass is 79.9. The second-order valence-electron chi connectivity index (χ2n) is 4.47. The zero-order valence-corrected chi connectivity index (χ0v) is 12.5. The molecule has 21 heavy (non-hydrogen) atoms. The van der Waals surface area contributed by atoms with Gasteiger partial charge in [-0.15, -0.1) is 0 Å². The average molecular weight is 347 g/mol. The Bertz CT molecular complexity index is 722. The van der Waals surface area contributed by atoms with Crippen molar-refractivity contribution in [2.24, 2.45) is 0 Å². The first-order chi connectivity index (χ1) is 10.1. The van der Waals surface area contributed by atoms with E-state index in [0.717, 1.165) is 15.1 Å². The predicted molar refractivity (Wildman–Crippen MR) is 80.1 cm³/mol. The van der Waals surface area contributed by atoms with E-state index in [9.17, 15) is 9.59 Å². The smallest absolute Gasteiger partial charge is 0.277 e. The molecule has 0 spiro atoms. The van der Waals surface area contributed by atoms with E-state index in [-0.39, 0.29) is 24.1 Å². The molecule has 0 radical (unpaired) electrons. The highest BCUT2D eigenvalue weighted by molar-refractivity contribution is 9.10. The number of hydrogen-bond acceptors (Lipinski definition) is 4. The maximum Gasteiger partial charge on any atom is 0.277 e. The van der Waals surface area contributed by atoms with Crippen LogP contribution in [-0.2, 0) is 16.1 Å². The Labute approximate surface area is 129 Å². The molecule has 0 atom stereocenters. The van der Waals surface area contributed by atoms with Crippen LogP contribution in [0.1, 0.15) is 5.76 Å². The van der Waals surface area contributed by atoms with Gasteiger partial charge in [0.1, 0.15) is 11.5 Å². The second-order valence-corrected chi connectivity index (χ2v) is 5.33. The van der Waals surface area contributed by atoms with Gasteiger partial charge in [-0.1, -0.05) is 12.1 Å². The van der Waals surface area contributed by atoms with Crippen molar-refractivity contribution in [1.29, 1.82) is 0 Å². The summed E-state index contributed by atoms with van der Waals surface area (Å²) in [6.45, 7) is 0.127. The SMILES string of the molecule is O=C1C=C(Nc2ccccc2Br)C(=O)N1Cc1ccco1. The molecule has 1 aliphatic heterocycles. The van der Waals surface area contributed by atoms with Crippen molar-refractivity contribution in [2.45, 2.75) is 6.54 Å². The van der Waals surface area contributed by atoms with E-state index in [1.54, 1.807) is 12.1 Å². The summed E-state index contributed by atoms with van der Waals surface area (Å²) in [5.74, 6) is -0.162. The first kappa shape index (κ1) is 13.6. The van der Waals surface area contributed by atoms with Crippen molar-refractivity contribution in [3.63, 3.8) is 0 Å². The molecular weight excluding hydrogens is 336 g/mol. The monoisotopic (exact) mass is 346 g/mol. The number of benzene rings is 1. The minimum atomic E-state index is -0.368. The summed E-state index contributed by atoms with van der Waals surface area (Å²) >= 11 is 3.39. The predicted octanol–water partition coefficient (Wildman–Crippen LogP) is 2.91. The number of furan rings is 1. The summed E-state index contributed by atoms with van der Waals surface area (Å²) in [5.41, 5.74) is 0.975. The number of nitrogens with zero attached hydrogens (tertiary/aromatic N) is 1. The van der Waals surface area contributed by atoms with Crippen LogP contribution in [0.3, 0.4) is 0 Å². The van der Waals surface area contributed by atoms with Crippen LogP contribution in [0.2, 0.25) is 0 Å². The number of imide groups is 1. The van der Waals surface area contributed by atoms with Crippen LogP contribution in [0.25, 0.3) is 0 Å². The van der Waals surface area contributed by atoms with Crippen molar-refractivity contribution in [2.75, 3.05) is 5.32 Å². The van der Waals surface area contributed by atoms with E-state index < -0.39 is 0 Å². The highest BCUT2D eigenvalue weighted by Crippen LogP contribution is 2.25. The molecule has 1 aromatic heterocycles. The summed E-state index contributed by atoms with van der Waals surface area (Å²) in [5, 5.41) is 2.97. The Morgan fingerprint density at radius 1 is 1.14 bits per heavy atom. The minimum absolute atomic E-state index is 0.127. The van der Waals surface area contributed by atoms with Gasteiger partial charge in [0.25, 0.3) is 11.8 Å². The van der Waals surface area contributed by atoms with Crippen molar-refractivity contribution in [3.05, 3.63) is 64.7 Å². The van der Waals surface area contributed by atoms with Crippen LogP contribution in [0.15, 0.2) is 63.3 Å². The third kappa shape index (κ3) is 2.75. The van der Waals surface area contributed by atoms with Crippen LogP contribution in [-0.4, -0.2) is 16.7 Å². The number of anilines is 1. The third-order valence-electron chi connectivity index (χ3n) is 3.05. The quantitative estimate of drug-likeness (QED) is 0.864. The van der Waals surface area contributed by atoms with Crippen LogP contribution in [0.4, 0.5) is 5.69 Å². The van der Waals surface area contributed by atoms with Gasteiger partial charge in [0.15, 0.2) is 0 Å². The Hall–Kier alpha value is -2.34. The molecule has 0 aliphatic carbocycles. The normalized spacial score (nSPS) is 14.5. The van der Waals surface area contributed by atoms with Gasteiger partial charge in [0.2, 0.25) is 0 Å². The summed E-state index contributed by atoms with van der Waals surface area (Å²) in [7, 11) is 0. The molecular formula is C15H11BrN2O3. The van der Waals surface area contributed by atoms with Gasteiger partial charge in [0.05, 0.1) is 18.5 Å². The van der Waals surface area contributed by atoms with Crippen molar-refractivity contribution in [3.8, 4) is 0 Å². The summed E-state index contributed by atoms with van der Waals surface area (Å²) < 4.78 is 5.98. The van der Waals surface area contributed by atoms with Crippen LogP contribution >= 0.6 is 15.9 Å². The lowest BCUT2D eigenvalue weighted by molar-refractivity contribution is -0.138. The fourth-order valence-electron chi connectivity index (χ4n) is 2.01. The van der Waals surface area contributed by atoms with E-state index in [4.69, 9.17) is 4.42 Å². The number of hydrogen-bond donors (Lipinski definition) is 1. The molecule has 1 aromatic carbocycles. The molecule has 1 N–H and O–H groups in total. The van der Waals surface area contributed by atoms with E-state index in [1.807, 2.05) is 24.3 Å².